The summed E-state index contributed by atoms with van der Waals surface area (Å²) in [6.45, 7) is 0. The summed E-state index contributed by atoms with van der Waals surface area (Å²) in [6.07, 6.45) is 0. The number of benzene rings is 2. The van der Waals surface area contributed by atoms with E-state index in [2.05, 4.69) is 15.9 Å². The average Bonchev–Trinajstić information content (AvgIpc) is 2.28. The van der Waals surface area contributed by atoms with E-state index < -0.39 is 11.7 Å². The van der Waals surface area contributed by atoms with Crippen LogP contribution in [0.1, 0.15) is 10.4 Å². The van der Waals surface area contributed by atoms with E-state index >= 15 is 0 Å². The predicted octanol–water partition coefficient (Wildman–Crippen LogP) is 3.48. The highest BCUT2D eigenvalue weighted by molar-refractivity contribution is 9.10. The topological polar surface area (TPSA) is 52.3 Å². The van der Waals surface area contributed by atoms with Gasteiger partial charge in [-0.15, -0.1) is 0 Å². The Labute approximate surface area is 112 Å². The number of amides is 1. The molecule has 0 bridgehead atoms. The molecule has 0 aliphatic carbocycles. The molecule has 2 aromatic rings. The van der Waals surface area contributed by atoms with E-state index in [9.17, 15) is 9.18 Å². The molecular formula is C13H9BrFNO2. The van der Waals surface area contributed by atoms with Gasteiger partial charge in [-0.3, -0.25) is 4.79 Å². The highest BCUT2D eigenvalue weighted by Crippen LogP contribution is 2.26. The Kier molecular flexibility index (Phi) is 3.62. The monoisotopic (exact) mass is 309 g/mol. The Morgan fingerprint density at radius 2 is 1.78 bits per heavy atom. The van der Waals surface area contributed by atoms with Crippen LogP contribution in [-0.2, 0) is 0 Å². The standard InChI is InChI=1S/C13H9BrFNO2/c14-9-5-10(15)7-12(6-9)18-11-3-1-8(2-4-11)13(16)17/h1-7H,(H2,16,17). The molecule has 0 unspecified atom stereocenters. The molecule has 0 aliphatic heterocycles. The fourth-order valence-electron chi connectivity index (χ4n) is 1.41. The largest absolute Gasteiger partial charge is 0.457 e. The van der Waals surface area contributed by atoms with E-state index in [0.717, 1.165) is 0 Å². The fourth-order valence-corrected chi connectivity index (χ4v) is 1.86. The van der Waals surface area contributed by atoms with E-state index in [1.54, 1.807) is 30.3 Å². The Bertz CT molecular complexity index is 564. The Balaban J connectivity index is 2.20. The minimum absolute atomic E-state index is 0.369. The second kappa shape index (κ2) is 5.18. The molecule has 0 spiro atoms. The predicted molar refractivity (Wildman–Crippen MR) is 69.1 cm³/mol. The van der Waals surface area contributed by atoms with Gasteiger partial charge in [0, 0.05) is 16.1 Å². The smallest absolute Gasteiger partial charge is 0.248 e. The zero-order valence-electron chi connectivity index (χ0n) is 9.19. The van der Waals surface area contributed by atoms with Crippen molar-refractivity contribution < 1.29 is 13.9 Å². The van der Waals surface area contributed by atoms with Gasteiger partial charge < -0.3 is 10.5 Å². The fraction of sp³-hybridized carbons (Fsp3) is 0. The zero-order valence-corrected chi connectivity index (χ0v) is 10.8. The molecule has 2 aromatic carbocycles. The summed E-state index contributed by atoms with van der Waals surface area (Å²) in [5, 5.41) is 0. The van der Waals surface area contributed by atoms with E-state index in [1.807, 2.05) is 0 Å². The van der Waals surface area contributed by atoms with Crippen LogP contribution in [-0.4, -0.2) is 5.91 Å². The molecule has 0 atom stereocenters. The van der Waals surface area contributed by atoms with Crippen molar-refractivity contribution in [2.75, 3.05) is 0 Å². The lowest BCUT2D eigenvalue weighted by Gasteiger charge is -2.06. The van der Waals surface area contributed by atoms with E-state index in [-0.39, 0.29) is 0 Å². The van der Waals surface area contributed by atoms with Crippen LogP contribution in [0.15, 0.2) is 46.9 Å². The first-order valence-electron chi connectivity index (χ1n) is 5.08. The van der Waals surface area contributed by atoms with Gasteiger partial charge in [0.1, 0.15) is 17.3 Å². The molecule has 0 heterocycles. The van der Waals surface area contributed by atoms with Crippen LogP contribution in [0.2, 0.25) is 0 Å². The molecule has 3 nitrogen and oxygen atoms in total. The summed E-state index contributed by atoms with van der Waals surface area (Å²) >= 11 is 3.18. The van der Waals surface area contributed by atoms with Crippen LogP contribution in [0, 0.1) is 5.82 Å². The van der Waals surface area contributed by atoms with Gasteiger partial charge in [0.05, 0.1) is 0 Å². The van der Waals surface area contributed by atoms with Gasteiger partial charge in [0.2, 0.25) is 5.91 Å². The normalized spacial score (nSPS) is 10.1. The number of carbonyl (C=O) groups excluding carboxylic acids is 1. The van der Waals surface area contributed by atoms with Crippen LogP contribution in [0.5, 0.6) is 11.5 Å². The SMILES string of the molecule is NC(=O)c1ccc(Oc2cc(F)cc(Br)c2)cc1. The first-order valence-corrected chi connectivity index (χ1v) is 5.88. The number of carbonyl (C=O) groups is 1. The number of ether oxygens (including phenoxy) is 1. The van der Waals surface area contributed by atoms with Crippen molar-refractivity contribution in [3.05, 3.63) is 58.3 Å². The van der Waals surface area contributed by atoms with Gasteiger partial charge in [0.25, 0.3) is 0 Å². The lowest BCUT2D eigenvalue weighted by molar-refractivity contribution is 0.100. The lowest BCUT2D eigenvalue weighted by Crippen LogP contribution is -2.10. The van der Waals surface area contributed by atoms with Gasteiger partial charge in [-0.2, -0.15) is 0 Å². The third kappa shape index (κ3) is 3.07. The van der Waals surface area contributed by atoms with Crippen LogP contribution >= 0.6 is 15.9 Å². The second-order valence-electron chi connectivity index (χ2n) is 3.60. The number of nitrogens with two attached hydrogens (primary N) is 1. The Morgan fingerprint density at radius 1 is 1.11 bits per heavy atom. The summed E-state index contributed by atoms with van der Waals surface area (Å²) in [7, 11) is 0. The number of rotatable bonds is 3. The highest BCUT2D eigenvalue weighted by atomic mass is 79.9. The molecule has 1 amide bonds. The summed E-state index contributed by atoms with van der Waals surface area (Å²) in [4.78, 5) is 10.9. The van der Waals surface area contributed by atoms with Crippen LogP contribution in [0.4, 0.5) is 4.39 Å². The van der Waals surface area contributed by atoms with Gasteiger partial charge >= 0.3 is 0 Å². The van der Waals surface area contributed by atoms with Crippen LogP contribution < -0.4 is 10.5 Å². The van der Waals surface area contributed by atoms with E-state index in [4.69, 9.17) is 10.5 Å². The van der Waals surface area contributed by atoms with Crippen molar-refractivity contribution in [3.8, 4) is 11.5 Å². The van der Waals surface area contributed by atoms with E-state index in [0.29, 0.717) is 21.5 Å². The number of halogens is 2. The quantitative estimate of drug-likeness (QED) is 0.943. The van der Waals surface area contributed by atoms with Crippen molar-refractivity contribution in [3.63, 3.8) is 0 Å². The van der Waals surface area contributed by atoms with Crippen molar-refractivity contribution in [1.82, 2.24) is 0 Å². The molecule has 0 aliphatic rings. The van der Waals surface area contributed by atoms with Gasteiger partial charge in [-0.25, -0.2) is 4.39 Å². The average molecular weight is 310 g/mol. The highest BCUT2D eigenvalue weighted by Gasteiger charge is 2.03. The van der Waals surface area contributed by atoms with E-state index in [1.165, 1.54) is 12.1 Å². The molecular weight excluding hydrogens is 301 g/mol. The van der Waals surface area contributed by atoms with Gasteiger partial charge in [-0.1, -0.05) is 15.9 Å². The molecule has 0 saturated carbocycles. The van der Waals surface area contributed by atoms with Crippen LogP contribution in [0.25, 0.3) is 0 Å². The molecule has 0 fully saturated rings. The number of hydrogen-bond donors (Lipinski definition) is 1. The summed E-state index contributed by atoms with van der Waals surface area (Å²) in [5.41, 5.74) is 5.51. The minimum atomic E-state index is -0.505. The molecule has 0 aromatic heterocycles. The van der Waals surface area contributed by atoms with Gasteiger partial charge in [0.15, 0.2) is 0 Å². The first kappa shape index (κ1) is 12.6. The maximum absolute atomic E-state index is 13.1. The molecule has 2 N–H and O–H groups in total. The lowest BCUT2D eigenvalue weighted by atomic mass is 10.2. The molecule has 0 saturated heterocycles. The number of primary amides is 1. The molecule has 18 heavy (non-hydrogen) atoms. The molecule has 5 heteroatoms. The third-order valence-corrected chi connectivity index (χ3v) is 2.67. The third-order valence-electron chi connectivity index (χ3n) is 2.21. The summed E-state index contributed by atoms with van der Waals surface area (Å²) in [5.74, 6) is -0.0330. The maximum atomic E-state index is 13.1. The van der Waals surface area contributed by atoms with Crippen molar-refractivity contribution >= 4 is 21.8 Å². The molecule has 92 valence electrons. The minimum Gasteiger partial charge on any atom is -0.457 e. The Morgan fingerprint density at radius 3 is 2.33 bits per heavy atom. The molecule has 0 radical (unpaired) electrons. The van der Waals surface area contributed by atoms with Crippen molar-refractivity contribution in [2.24, 2.45) is 5.73 Å². The van der Waals surface area contributed by atoms with Gasteiger partial charge in [-0.05, 0) is 36.4 Å². The summed E-state index contributed by atoms with van der Waals surface area (Å²) in [6, 6.07) is 10.5. The van der Waals surface area contributed by atoms with Crippen molar-refractivity contribution in [1.29, 1.82) is 0 Å². The zero-order chi connectivity index (χ0) is 13.1. The van der Waals surface area contributed by atoms with Crippen LogP contribution in [0.3, 0.4) is 0 Å². The Hall–Kier alpha value is -1.88. The summed E-state index contributed by atoms with van der Waals surface area (Å²) < 4.78 is 19.2. The molecule has 2 rings (SSSR count). The second-order valence-corrected chi connectivity index (χ2v) is 4.51. The van der Waals surface area contributed by atoms with Crippen molar-refractivity contribution in [2.45, 2.75) is 0 Å². The maximum Gasteiger partial charge on any atom is 0.248 e. The number of hydrogen-bond acceptors (Lipinski definition) is 2. The first-order chi connectivity index (χ1) is 8.54.